The number of carbonyl (C=O) groups is 1. The van der Waals surface area contributed by atoms with Crippen LogP contribution in [-0.4, -0.2) is 38.6 Å². The molecule has 0 saturated carbocycles. The van der Waals surface area contributed by atoms with Crippen molar-refractivity contribution in [3.05, 3.63) is 29.8 Å². The maximum atomic E-state index is 11.9. The van der Waals surface area contributed by atoms with Gasteiger partial charge in [0.2, 0.25) is 5.91 Å². The third kappa shape index (κ3) is 7.04. The van der Waals surface area contributed by atoms with Crippen LogP contribution in [0.5, 0.6) is 5.75 Å². The van der Waals surface area contributed by atoms with Crippen molar-refractivity contribution in [2.45, 2.75) is 33.4 Å². The quantitative estimate of drug-likeness (QED) is 0.526. The summed E-state index contributed by atoms with van der Waals surface area (Å²) in [7, 11) is 3.32. The minimum absolute atomic E-state index is 0.0824. The number of hydrogen-bond donors (Lipinski definition) is 3. The number of nitrogens with one attached hydrogen (secondary N) is 3. The van der Waals surface area contributed by atoms with Crippen molar-refractivity contribution in [1.82, 2.24) is 16.0 Å². The number of ether oxygens (including phenoxy) is 1. The molecule has 1 unspecified atom stereocenters. The van der Waals surface area contributed by atoms with Crippen molar-refractivity contribution in [1.29, 1.82) is 0 Å². The molecule has 1 aromatic rings. The number of rotatable bonds is 7. The van der Waals surface area contributed by atoms with Gasteiger partial charge in [-0.2, -0.15) is 0 Å². The molecule has 1 rings (SSSR count). The minimum Gasteiger partial charge on any atom is -0.497 e. The SMILES string of the molecule is CN=C(NCC(=O)NCc1ccc(OC)cc1)NC(C)C(C)C. The van der Waals surface area contributed by atoms with Gasteiger partial charge in [-0.3, -0.25) is 9.79 Å². The lowest BCUT2D eigenvalue weighted by atomic mass is 10.1. The molecule has 6 nitrogen and oxygen atoms in total. The summed E-state index contributed by atoms with van der Waals surface area (Å²) >= 11 is 0. The Balaban J connectivity index is 2.35. The molecule has 0 aliphatic carbocycles. The number of methoxy groups -OCH3 is 1. The Kier molecular flexibility index (Phi) is 7.94. The van der Waals surface area contributed by atoms with Crippen LogP contribution in [0.4, 0.5) is 0 Å². The maximum Gasteiger partial charge on any atom is 0.239 e. The summed E-state index contributed by atoms with van der Waals surface area (Å²) in [5.74, 6) is 1.83. The molecule has 0 fully saturated rings. The van der Waals surface area contributed by atoms with E-state index < -0.39 is 0 Å². The Bertz CT molecular complexity index is 512. The largest absolute Gasteiger partial charge is 0.497 e. The van der Waals surface area contributed by atoms with Crippen LogP contribution in [0.3, 0.4) is 0 Å². The molecule has 0 aliphatic rings. The average Bonchev–Trinajstić information content (AvgIpc) is 2.56. The van der Waals surface area contributed by atoms with E-state index in [9.17, 15) is 4.79 Å². The lowest BCUT2D eigenvalue weighted by molar-refractivity contribution is -0.120. The molecular formula is C17H28N4O2. The Morgan fingerprint density at radius 2 is 1.83 bits per heavy atom. The van der Waals surface area contributed by atoms with Crippen LogP contribution >= 0.6 is 0 Å². The number of benzene rings is 1. The van der Waals surface area contributed by atoms with E-state index in [0.717, 1.165) is 11.3 Å². The zero-order valence-corrected chi connectivity index (χ0v) is 14.6. The highest BCUT2D eigenvalue weighted by atomic mass is 16.5. The number of guanidine groups is 1. The van der Waals surface area contributed by atoms with Crippen LogP contribution in [0.1, 0.15) is 26.3 Å². The molecule has 1 aromatic carbocycles. The first-order valence-electron chi connectivity index (χ1n) is 7.83. The summed E-state index contributed by atoms with van der Waals surface area (Å²) in [6, 6.07) is 7.88. The van der Waals surface area contributed by atoms with Gasteiger partial charge in [-0.05, 0) is 30.5 Å². The van der Waals surface area contributed by atoms with E-state index in [0.29, 0.717) is 18.4 Å². The molecule has 0 saturated heterocycles. The van der Waals surface area contributed by atoms with E-state index in [1.807, 2.05) is 24.3 Å². The van der Waals surface area contributed by atoms with Crippen molar-refractivity contribution in [3.8, 4) is 5.75 Å². The van der Waals surface area contributed by atoms with Gasteiger partial charge in [-0.1, -0.05) is 26.0 Å². The van der Waals surface area contributed by atoms with Gasteiger partial charge in [0.15, 0.2) is 5.96 Å². The van der Waals surface area contributed by atoms with E-state index >= 15 is 0 Å². The van der Waals surface area contributed by atoms with Crippen molar-refractivity contribution in [3.63, 3.8) is 0 Å². The lowest BCUT2D eigenvalue weighted by Crippen LogP contribution is -2.47. The van der Waals surface area contributed by atoms with Gasteiger partial charge in [0.1, 0.15) is 5.75 Å². The van der Waals surface area contributed by atoms with Crippen LogP contribution in [-0.2, 0) is 11.3 Å². The van der Waals surface area contributed by atoms with Gasteiger partial charge in [-0.25, -0.2) is 0 Å². The highest BCUT2D eigenvalue weighted by molar-refractivity contribution is 5.86. The van der Waals surface area contributed by atoms with E-state index in [-0.39, 0.29) is 18.5 Å². The van der Waals surface area contributed by atoms with Crippen molar-refractivity contribution in [2.75, 3.05) is 20.7 Å². The Labute approximate surface area is 138 Å². The standard InChI is InChI=1S/C17H28N4O2/c1-12(2)13(3)21-17(18-4)20-11-16(22)19-10-14-6-8-15(23-5)9-7-14/h6-9,12-13H,10-11H2,1-5H3,(H,19,22)(H2,18,20,21). The van der Waals surface area contributed by atoms with E-state index in [4.69, 9.17) is 4.74 Å². The maximum absolute atomic E-state index is 11.9. The smallest absolute Gasteiger partial charge is 0.239 e. The van der Waals surface area contributed by atoms with Crippen LogP contribution in [0.2, 0.25) is 0 Å². The lowest BCUT2D eigenvalue weighted by Gasteiger charge is -2.20. The molecule has 0 aromatic heterocycles. The second kappa shape index (κ2) is 9.71. The third-order valence-electron chi connectivity index (χ3n) is 3.65. The molecule has 0 heterocycles. The molecule has 23 heavy (non-hydrogen) atoms. The fourth-order valence-corrected chi connectivity index (χ4v) is 1.75. The number of nitrogens with zero attached hydrogens (tertiary/aromatic N) is 1. The molecule has 6 heteroatoms. The summed E-state index contributed by atoms with van der Waals surface area (Å²) in [6.45, 7) is 7.01. The van der Waals surface area contributed by atoms with Gasteiger partial charge in [-0.15, -0.1) is 0 Å². The Morgan fingerprint density at radius 1 is 1.17 bits per heavy atom. The molecule has 1 atom stereocenters. The van der Waals surface area contributed by atoms with Gasteiger partial charge in [0.25, 0.3) is 0 Å². The fraction of sp³-hybridized carbons (Fsp3) is 0.529. The van der Waals surface area contributed by atoms with E-state index in [2.05, 4.69) is 41.7 Å². The summed E-state index contributed by atoms with van der Waals surface area (Å²) in [4.78, 5) is 16.0. The summed E-state index contributed by atoms with van der Waals surface area (Å²) < 4.78 is 5.10. The normalized spacial score (nSPS) is 12.7. The molecule has 1 amide bonds. The van der Waals surface area contributed by atoms with Gasteiger partial charge in [0.05, 0.1) is 13.7 Å². The van der Waals surface area contributed by atoms with E-state index in [1.165, 1.54) is 0 Å². The van der Waals surface area contributed by atoms with Gasteiger partial charge < -0.3 is 20.7 Å². The summed E-state index contributed by atoms with van der Waals surface area (Å²) in [5, 5.41) is 9.14. The summed E-state index contributed by atoms with van der Waals surface area (Å²) in [6.07, 6.45) is 0. The van der Waals surface area contributed by atoms with Crippen LogP contribution in [0.15, 0.2) is 29.3 Å². The molecule has 0 aliphatic heterocycles. The van der Waals surface area contributed by atoms with Gasteiger partial charge >= 0.3 is 0 Å². The Hall–Kier alpha value is -2.24. The van der Waals surface area contributed by atoms with Crippen molar-refractivity contribution < 1.29 is 9.53 Å². The third-order valence-corrected chi connectivity index (χ3v) is 3.65. The van der Waals surface area contributed by atoms with Gasteiger partial charge in [0, 0.05) is 19.6 Å². The predicted octanol–water partition coefficient (Wildman–Crippen LogP) is 1.52. The fourth-order valence-electron chi connectivity index (χ4n) is 1.75. The second-order valence-electron chi connectivity index (χ2n) is 5.73. The van der Waals surface area contributed by atoms with Crippen LogP contribution < -0.4 is 20.7 Å². The zero-order chi connectivity index (χ0) is 17.2. The first-order valence-corrected chi connectivity index (χ1v) is 7.83. The van der Waals surface area contributed by atoms with E-state index in [1.54, 1.807) is 14.2 Å². The molecule has 0 spiro atoms. The second-order valence-corrected chi connectivity index (χ2v) is 5.73. The summed E-state index contributed by atoms with van der Waals surface area (Å²) in [5.41, 5.74) is 1.02. The number of amides is 1. The molecule has 0 radical (unpaired) electrons. The Morgan fingerprint density at radius 3 is 2.35 bits per heavy atom. The van der Waals surface area contributed by atoms with Crippen molar-refractivity contribution in [2.24, 2.45) is 10.9 Å². The molecule has 128 valence electrons. The minimum atomic E-state index is -0.0824. The zero-order valence-electron chi connectivity index (χ0n) is 14.6. The average molecular weight is 320 g/mol. The monoisotopic (exact) mass is 320 g/mol. The molecular weight excluding hydrogens is 292 g/mol. The highest BCUT2D eigenvalue weighted by Gasteiger charge is 2.10. The highest BCUT2D eigenvalue weighted by Crippen LogP contribution is 2.10. The number of carbonyl (C=O) groups excluding carboxylic acids is 1. The number of hydrogen-bond acceptors (Lipinski definition) is 3. The first kappa shape index (κ1) is 18.8. The number of aliphatic imine (C=N–C) groups is 1. The predicted molar refractivity (Wildman–Crippen MR) is 93.6 cm³/mol. The first-order chi connectivity index (χ1) is 11.0. The molecule has 3 N–H and O–H groups in total. The van der Waals surface area contributed by atoms with Crippen LogP contribution in [0.25, 0.3) is 0 Å². The van der Waals surface area contributed by atoms with Crippen molar-refractivity contribution >= 4 is 11.9 Å². The topological polar surface area (TPSA) is 74.8 Å². The molecule has 0 bridgehead atoms. The van der Waals surface area contributed by atoms with Crippen LogP contribution in [0, 0.1) is 5.92 Å².